The Kier molecular flexibility index (Phi) is 6.68. The van der Waals surface area contributed by atoms with E-state index in [1.165, 1.54) is 5.56 Å². The molecule has 0 saturated heterocycles. The fourth-order valence-electron chi connectivity index (χ4n) is 1.68. The van der Waals surface area contributed by atoms with Crippen LogP contribution in [0.25, 0.3) is 0 Å². The molecule has 0 amide bonds. The molecule has 0 aliphatic heterocycles. The van der Waals surface area contributed by atoms with Crippen LogP contribution in [-0.2, 0) is 0 Å². The normalized spacial score (nSPS) is 10.4. The molecule has 0 saturated carbocycles. The Hall–Kier alpha value is -1.13. The number of thiocarbonyl (C=S) groups is 1. The van der Waals surface area contributed by atoms with Gasteiger partial charge in [0, 0.05) is 18.8 Å². The van der Waals surface area contributed by atoms with Gasteiger partial charge < -0.3 is 15.5 Å². The maximum absolute atomic E-state index is 5.25. The Labute approximate surface area is 116 Å². The van der Waals surface area contributed by atoms with E-state index in [-0.39, 0.29) is 0 Å². The Morgan fingerprint density at radius 3 is 2.33 bits per heavy atom. The number of hydrogen-bond donors (Lipinski definition) is 2. The monoisotopic (exact) mass is 265 g/mol. The molecular weight excluding hydrogens is 242 g/mol. The molecule has 0 heterocycles. The van der Waals surface area contributed by atoms with Gasteiger partial charge in [0.25, 0.3) is 0 Å². The first kappa shape index (κ1) is 14.9. The molecule has 0 spiro atoms. The lowest BCUT2D eigenvalue weighted by molar-refractivity contribution is 0.308. The molecule has 0 aliphatic rings. The van der Waals surface area contributed by atoms with Crippen molar-refractivity contribution in [3.05, 3.63) is 29.8 Å². The fourth-order valence-corrected chi connectivity index (χ4v) is 1.90. The molecule has 0 aromatic heterocycles. The molecule has 0 radical (unpaired) electrons. The summed E-state index contributed by atoms with van der Waals surface area (Å²) in [5.74, 6) is 0. The Bertz CT molecular complexity index is 358. The minimum Gasteiger partial charge on any atom is -0.361 e. The highest BCUT2D eigenvalue weighted by Gasteiger charge is 2.00. The summed E-state index contributed by atoms with van der Waals surface area (Å²) in [4.78, 5) is 2.36. The zero-order chi connectivity index (χ0) is 13.4. The minimum absolute atomic E-state index is 0.686. The van der Waals surface area contributed by atoms with Gasteiger partial charge in [-0.2, -0.15) is 0 Å². The molecule has 0 atom stereocenters. The van der Waals surface area contributed by atoms with Crippen molar-refractivity contribution in [2.24, 2.45) is 0 Å². The number of benzene rings is 1. The van der Waals surface area contributed by atoms with Crippen LogP contribution < -0.4 is 10.6 Å². The lowest BCUT2D eigenvalue weighted by Gasteiger charge is -2.19. The van der Waals surface area contributed by atoms with Gasteiger partial charge in [-0.3, -0.25) is 0 Å². The van der Waals surface area contributed by atoms with E-state index in [2.05, 4.69) is 48.4 Å². The van der Waals surface area contributed by atoms with E-state index >= 15 is 0 Å². The van der Waals surface area contributed by atoms with Gasteiger partial charge in [0.2, 0.25) is 0 Å². The first-order valence-electron chi connectivity index (χ1n) is 6.49. The van der Waals surface area contributed by atoms with E-state index in [1.807, 2.05) is 12.1 Å². The third kappa shape index (κ3) is 5.47. The molecule has 1 rings (SSSR count). The Morgan fingerprint density at radius 1 is 1.17 bits per heavy atom. The van der Waals surface area contributed by atoms with Crippen LogP contribution in [0.4, 0.5) is 5.69 Å². The van der Waals surface area contributed by atoms with Gasteiger partial charge in [-0.15, -0.1) is 0 Å². The molecule has 0 bridgehead atoms. The molecule has 0 fully saturated rings. The molecule has 18 heavy (non-hydrogen) atoms. The summed E-state index contributed by atoms with van der Waals surface area (Å²) in [7, 11) is 0. The summed E-state index contributed by atoms with van der Waals surface area (Å²) >= 11 is 5.25. The Balaban J connectivity index is 2.27. The molecule has 0 unspecified atom stereocenters. The molecule has 3 nitrogen and oxygen atoms in total. The number of likely N-dealkylation sites (N-methyl/N-ethyl adjacent to an activating group) is 1. The summed E-state index contributed by atoms with van der Waals surface area (Å²) in [6, 6.07) is 8.21. The highest BCUT2D eigenvalue weighted by molar-refractivity contribution is 7.80. The van der Waals surface area contributed by atoms with Gasteiger partial charge in [0.1, 0.15) is 0 Å². The van der Waals surface area contributed by atoms with E-state index in [1.54, 1.807) is 0 Å². The van der Waals surface area contributed by atoms with Gasteiger partial charge in [-0.05, 0) is 44.4 Å². The second-order valence-electron chi connectivity index (χ2n) is 4.27. The van der Waals surface area contributed by atoms with E-state index in [9.17, 15) is 0 Å². The highest BCUT2D eigenvalue weighted by atomic mass is 32.1. The predicted molar refractivity (Wildman–Crippen MR) is 83.2 cm³/mol. The molecule has 4 heteroatoms. The van der Waals surface area contributed by atoms with Crippen molar-refractivity contribution in [2.75, 3.05) is 31.5 Å². The van der Waals surface area contributed by atoms with Crippen molar-refractivity contribution < 1.29 is 0 Å². The van der Waals surface area contributed by atoms with Crippen molar-refractivity contribution in [3.8, 4) is 0 Å². The van der Waals surface area contributed by atoms with Crippen LogP contribution in [0, 0.1) is 6.92 Å². The smallest absolute Gasteiger partial charge is 0.170 e. The van der Waals surface area contributed by atoms with Crippen LogP contribution in [-0.4, -0.2) is 36.2 Å². The summed E-state index contributed by atoms with van der Waals surface area (Å²) in [6.45, 7) is 10.5. The zero-order valence-electron chi connectivity index (χ0n) is 11.5. The van der Waals surface area contributed by atoms with Gasteiger partial charge in [0.15, 0.2) is 5.11 Å². The second kappa shape index (κ2) is 8.06. The summed E-state index contributed by atoms with van der Waals surface area (Å²) in [5, 5.41) is 7.09. The number of aryl methyl sites for hydroxylation is 1. The molecule has 1 aromatic rings. The topological polar surface area (TPSA) is 27.3 Å². The average Bonchev–Trinajstić information content (AvgIpc) is 2.37. The van der Waals surface area contributed by atoms with Crippen LogP contribution in [0.5, 0.6) is 0 Å². The summed E-state index contributed by atoms with van der Waals surface area (Å²) in [5.41, 5.74) is 2.28. The van der Waals surface area contributed by atoms with Gasteiger partial charge in [-0.25, -0.2) is 0 Å². The lowest BCUT2D eigenvalue weighted by Crippen LogP contribution is -2.36. The molecule has 1 aromatic carbocycles. The third-order valence-corrected chi connectivity index (χ3v) is 3.16. The van der Waals surface area contributed by atoms with Gasteiger partial charge in [-0.1, -0.05) is 31.5 Å². The zero-order valence-corrected chi connectivity index (χ0v) is 12.3. The molecule has 100 valence electrons. The van der Waals surface area contributed by atoms with E-state index in [4.69, 9.17) is 12.2 Å². The SMILES string of the molecule is CCN(CC)CCNC(=S)Nc1ccc(C)cc1. The lowest BCUT2D eigenvalue weighted by atomic mass is 10.2. The second-order valence-corrected chi connectivity index (χ2v) is 4.68. The summed E-state index contributed by atoms with van der Waals surface area (Å²) < 4.78 is 0. The largest absolute Gasteiger partial charge is 0.361 e. The third-order valence-electron chi connectivity index (χ3n) is 2.92. The fraction of sp³-hybridized carbons (Fsp3) is 0.500. The van der Waals surface area contributed by atoms with E-state index in [0.29, 0.717) is 5.11 Å². The molecule has 0 aliphatic carbocycles. The molecular formula is C14H23N3S. The number of anilines is 1. The quantitative estimate of drug-likeness (QED) is 0.773. The number of nitrogens with zero attached hydrogens (tertiary/aromatic N) is 1. The predicted octanol–water partition coefficient (Wildman–Crippen LogP) is 2.62. The highest BCUT2D eigenvalue weighted by Crippen LogP contribution is 2.07. The van der Waals surface area contributed by atoms with Crippen molar-refractivity contribution in [3.63, 3.8) is 0 Å². The first-order chi connectivity index (χ1) is 8.65. The number of hydrogen-bond acceptors (Lipinski definition) is 2. The van der Waals surface area contributed by atoms with Gasteiger partial charge in [0.05, 0.1) is 0 Å². The van der Waals surface area contributed by atoms with Crippen LogP contribution in [0.1, 0.15) is 19.4 Å². The Morgan fingerprint density at radius 2 is 1.78 bits per heavy atom. The minimum atomic E-state index is 0.686. The average molecular weight is 265 g/mol. The van der Waals surface area contributed by atoms with E-state index in [0.717, 1.165) is 31.9 Å². The van der Waals surface area contributed by atoms with Crippen LogP contribution in [0.2, 0.25) is 0 Å². The van der Waals surface area contributed by atoms with Gasteiger partial charge >= 0.3 is 0 Å². The number of rotatable bonds is 6. The van der Waals surface area contributed by atoms with Crippen molar-refractivity contribution in [1.29, 1.82) is 0 Å². The maximum Gasteiger partial charge on any atom is 0.170 e. The maximum atomic E-state index is 5.25. The van der Waals surface area contributed by atoms with Crippen LogP contribution in [0.15, 0.2) is 24.3 Å². The van der Waals surface area contributed by atoms with Crippen LogP contribution >= 0.6 is 12.2 Å². The van der Waals surface area contributed by atoms with Crippen molar-refractivity contribution in [2.45, 2.75) is 20.8 Å². The number of nitrogens with one attached hydrogen (secondary N) is 2. The first-order valence-corrected chi connectivity index (χ1v) is 6.90. The summed E-state index contributed by atoms with van der Waals surface area (Å²) in [6.07, 6.45) is 0. The molecule has 2 N–H and O–H groups in total. The van der Waals surface area contributed by atoms with Crippen molar-refractivity contribution >= 4 is 23.0 Å². The van der Waals surface area contributed by atoms with Crippen LogP contribution in [0.3, 0.4) is 0 Å². The standard InChI is InChI=1S/C14H23N3S/c1-4-17(5-2)11-10-15-14(18)16-13-8-6-12(3)7-9-13/h6-9H,4-5,10-11H2,1-3H3,(H2,15,16,18). The van der Waals surface area contributed by atoms with E-state index < -0.39 is 0 Å². The van der Waals surface area contributed by atoms with Crippen molar-refractivity contribution in [1.82, 2.24) is 10.2 Å².